The Bertz CT molecular complexity index is 416. The highest BCUT2D eigenvalue weighted by molar-refractivity contribution is 7.80. The summed E-state index contributed by atoms with van der Waals surface area (Å²) in [4.78, 5) is 4.05. The van der Waals surface area contributed by atoms with Gasteiger partial charge in [-0.2, -0.15) is 8.42 Å². The van der Waals surface area contributed by atoms with Gasteiger partial charge in [-0.15, -0.1) is 6.58 Å². The number of hydrogen-bond acceptors (Lipinski definition) is 4. The van der Waals surface area contributed by atoms with Gasteiger partial charge in [0, 0.05) is 12.4 Å². The Hall–Kier alpha value is -1.24. The van der Waals surface area contributed by atoms with Crippen LogP contribution in [0, 0.1) is 0 Å². The molecule has 0 saturated heterocycles. The van der Waals surface area contributed by atoms with Crippen molar-refractivity contribution in [1.82, 2.24) is 4.98 Å². The Balaban J connectivity index is 0.000000366. The van der Waals surface area contributed by atoms with Gasteiger partial charge in [0.2, 0.25) is 0 Å². The molecule has 0 bridgehead atoms. The number of pyridine rings is 1. The van der Waals surface area contributed by atoms with E-state index < -0.39 is 10.4 Å². The van der Waals surface area contributed by atoms with Gasteiger partial charge in [-0.3, -0.25) is 13.7 Å². The minimum absolute atomic E-state index is 0.543. The molecule has 0 amide bonds. The van der Waals surface area contributed by atoms with Crippen molar-refractivity contribution in [2.75, 3.05) is 7.11 Å². The predicted molar refractivity (Wildman–Crippen MR) is 66.0 cm³/mol. The molecule has 1 atom stereocenters. The number of hydrogen-bond donors (Lipinski definition) is 1. The number of aromatic nitrogens is 1. The monoisotopic (exact) mass is 259 g/mol. The maximum absolute atomic E-state index is 9.33. The predicted octanol–water partition coefficient (Wildman–Crippen LogP) is 2.20. The van der Waals surface area contributed by atoms with Gasteiger partial charge in [-0.1, -0.05) is 19.1 Å². The zero-order chi connectivity index (χ0) is 13.3. The van der Waals surface area contributed by atoms with Crippen LogP contribution in [0.25, 0.3) is 0 Å². The van der Waals surface area contributed by atoms with E-state index in [0.29, 0.717) is 5.92 Å². The summed E-state index contributed by atoms with van der Waals surface area (Å²) >= 11 is 0. The zero-order valence-electron chi connectivity index (χ0n) is 9.91. The summed E-state index contributed by atoms with van der Waals surface area (Å²) in [6, 6.07) is 4.07. The summed E-state index contributed by atoms with van der Waals surface area (Å²) in [6.45, 7) is 5.89. The van der Waals surface area contributed by atoms with E-state index in [0.717, 1.165) is 13.5 Å². The van der Waals surface area contributed by atoms with Crippen molar-refractivity contribution in [2.24, 2.45) is 0 Å². The molecule has 0 radical (unpaired) electrons. The topological polar surface area (TPSA) is 76.5 Å². The Morgan fingerprint density at radius 2 is 2.24 bits per heavy atom. The van der Waals surface area contributed by atoms with Crippen molar-refractivity contribution in [3.05, 3.63) is 42.7 Å². The lowest BCUT2D eigenvalue weighted by molar-refractivity contribution is 0.324. The van der Waals surface area contributed by atoms with Gasteiger partial charge in [0.1, 0.15) is 0 Å². The van der Waals surface area contributed by atoms with Crippen molar-refractivity contribution in [3.8, 4) is 0 Å². The minimum Gasteiger partial charge on any atom is -0.264 e. The lowest BCUT2D eigenvalue weighted by Gasteiger charge is -2.06. The van der Waals surface area contributed by atoms with Gasteiger partial charge >= 0.3 is 10.4 Å². The maximum atomic E-state index is 9.33. The van der Waals surface area contributed by atoms with Crippen LogP contribution >= 0.6 is 0 Å². The summed E-state index contributed by atoms with van der Waals surface area (Å²) in [6.07, 6.45) is 6.67. The van der Waals surface area contributed by atoms with E-state index in [1.54, 1.807) is 6.20 Å². The van der Waals surface area contributed by atoms with Crippen LogP contribution in [-0.2, 0) is 14.6 Å². The normalized spacial score (nSPS) is 12.2. The molecule has 96 valence electrons. The third-order valence-corrected chi connectivity index (χ3v) is 2.41. The third kappa shape index (κ3) is 8.56. The van der Waals surface area contributed by atoms with Crippen molar-refractivity contribution in [2.45, 2.75) is 19.3 Å². The second-order valence-corrected chi connectivity index (χ2v) is 4.49. The van der Waals surface area contributed by atoms with Gasteiger partial charge in [0.25, 0.3) is 0 Å². The second kappa shape index (κ2) is 7.94. The molecule has 1 N–H and O–H groups in total. The summed E-state index contributed by atoms with van der Waals surface area (Å²) < 4.78 is 29.7. The highest BCUT2D eigenvalue weighted by Crippen LogP contribution is 2.16. The summed E-state index contributed by atoms with van der Waals surface area (Å²) in [7, 11) is -3.29. The van der Waals surface area contributed by atoms with Gasteiger partial charge < -0.3 is 0 Å². The first-order valence-electron chi connectivity index (χ1n) is 4.94. The van der Waals surface area contributed by atoms with Gasteiger partial charge in [0.15, 0.2) is 0 Å². The standard InChI is InChI=1S/C10H13N.CH4O4S/c1-3-5-9(2)10-6-4-7-11-8-10;1-5-6(2,3)4/h3-4,6-9H,1,5H2,2H3;1H3,(H,2,3,4). The van der Waals surface area contributed by atoms with Crippen molar-refractivity contribution in [1.29, 1.82) is 0 Å². The highest BCUT2D eigenvalue weighted by Gasteiger charge is 2.00. The van der Waals surface area contributed by atoms with Crippen LogP contribution in [0.1, 0.15) is 24.8 Å². The molecule has 0 aromatic carbocycles. The quantitative estimate of drug-likeness (QED) is 0.662. The SMILES string of the molecule is C=CCC(C)c1cccnc1.COS(=O)(=O)O. The highest BCUT2D eigenvalue weighted by atomic mass is 32.3. The molecule has 17 heavy (non-hydrogen) atoms. The van der Waals surface area contributed by atoms with E-state index in [4.69, 9.17) is 4.55 Å². The van der Waals surface area contributed by atoms with E-state index >= 15 is 0 Å². The summed E-state index contributed by atoms with van der Waals surface area (Å²) in [5.74, 6) is 0.543. The van der Waals surface area contributed by atoms with Crippen LogP contribution in [0.4, 0.5) is 0 Å². The zero-order valence-corrected chi connectivity index (χ0v) is 10.7. The molecule has 0 saturated carbocycles. The fraction of sp³-hybridized carbons (Fsp3) is 0.364. The molecule has 0 aliphatic heterocycles. The summed E-state index contributed by atoms with van der Waals surface area (Å²) in [5.41, 5.74) is 1.28. The molecule has 1 heterocycles. The molecular formula is C11H17NO4S. The molecule has 5 nitrogen and oxygen atoms in total. The van der Waals surface area contributed by atoms with Crippen LogP contribution in [0.5, 0.6) is 0 Å². The molecule has 0 aliphatic rings. The Morgan fingerprint density at radius 3 is 2.59 bits per heavy atom. The Morgan fingerprint density at radius 1 is 1.65 bits per heavy atom. The van der Waals surface area contributed by atoms with Crippen molar-refractivity contribution >= 4 is 10.4 Å². The second-order valence-electron chi connectivity index (χ2n) is 3.31. The molecule has 1 aromatic rings. The lowest BCUT2D eigenvalue weighted by Crippen LogP contribution is -1.96. The first kappa shape index (κ1) is 15.8. The maximum Gasteiger partial charge on any atom is 0.397 e. The molecule has 0 fully saturated rings. The molecule has 1 aromatic heterocycles. The number of rotatable bonds is 4. The van der Waals surface area contributed by atoms with E-state index in [1.807, 2.05) is 18.3 Å². The molecular weight excluding hydrogens is 242 g/mol. The fourth-order valence-corrected chi connectivity index (χ4v) is 1.05. The van der Waals surface area contributed by atoms with Crippen LogP contribution in [-0.4, -0.2) is 25.1 Å². The van der Waals surface area contributed by atoms with Crippen LogP contribution in [0.2, 0.25) is 0 Å². The minimum atomic E-state index is -4.16. The van der Waals surface area contributed by atoms with Crippen LogP contribution in [0.3, 0.4) is 0 Å². The fourth-order valence-electron chi connectivity index (χ4n) is 1.05. The van der Waals surface area contributed by atoms with Crippen LogP contribution in [0.15, 0.2) is 37.2 Å². The van der Waals surface area contributed by atoms with Gasteiger partial charge in [-0.25, -0.2) is 0 Å². The average molecular weight is 259 g/mol. The van der Waals surface area contributed by atoms with Gasteiger partial charge in [0.05, 0.1) is 7.11 Å². The van der Waals surface area contributed by atoms with Crippen molar-refractivity contribution < 1.29 is 17.2 Å². The van der Waals surface area contributed by atoms with E-state index in [2.05, 4.69) is 28.7 Å². The molecule has 6 heteroatoms. The average Bonchev–Trinajstić information content (AvgIpc) is 2.30. The molecule has 0 aliphatic carbocycles. The lowest BCUT2D eigenvalue weighted by atomic mass is 10.0. The molecule has 0 spiro atoms. The Labute approximate surface area is 102 Å². The van der Waals surface area contributed by atoms with E-state index in [1.165, 1.54) is 5.56 Å². The first-order valence-corrected chi connectivity index (χ1v) is 6.31. The Kier molecular flexibility index (Phi) is 7.36. The number of allylic oxidation sites excluding steroid dienone is 1. The first-order chi connectivity index (χ1) is 7.90. The van der Waals surface area contributed by atoms with Gasteiger partial charge in [-0.05, 0) is 24.0 Å². The van der Waals surface area contributed by atoms with E-state index in [9.17, 15) is 8.42 Å². The third-order valence-electron chi connectivity index (χ3n) is 1.98. The number of nitrogens with zero attached hydrogens (tertiary/aromatic N) is 1. The molecule has 1 unspecified atom stereocenters. The smallest absolute Gasteiger partial charge is 0.264 e. The van der Waals surface area contributed by atoms with E-state index in [-0.39, 0.29) is 0 Å². The van der Waals surface area contributed by atoms with Crippen LogP contribution < -0.4 is 0 Å². The summed E-state index contributed by atoms with van der Waals surface area (Å²) in [5, 5.41) is 0. The van der Waals surface area contributed by atoms with Crippen molar-refractivity contribution in [3.63, 3.8) is 0 Å². The molecule has 1 rings (SSSR count). The largest absolute Gasteiger partial charge is 0.397 e.